The number of hydrogen-bond donors (Lipinski definition) is 0. The number of esters is 1. The van der Waals surface area contributed by atoms with Gasteiger partial charge < -0.3 is 9.16 Å². The molecule has 1 fully saturated rings. The minimum atomic E-state index is -2.29. The molecule has 1 aliphatic carbocycles. The predicted octanol–water partition coefficient (Wildman–Crippen LogP) is 4.06. The van der Waals surface area contributed by atoms with Crippen LogP contribution in [-0.2, 0) is 30.0 Å². The van der Waals surface area contributed by atoms with Crippen molar-refractivity contribution in [1.29, 1.82) is 0 Å². The van der Waals surface area contributed by atoms with Crippen LogP contribution in [0.5, 0.6) is 0 Å². The number of rotatable bonds is 6. The minimum absolute atomic E-state index is 0.120. The van der Waals surface area contributed by atoms with E-state index in [0.29, 0.717) is 12.8 Å². The lowest BCUT2D eigenvalue weighted by molar-refractivity contribution is -0.181. The molecule has 1 aliphatic heterocycles. The molecule has 0 saturated carbocycles. The standard InChI is InChI=1S/C26H34FNO6Si/c1-8-13-33-25(32)24(31)28-21(18-12-10-16-9-11-17(27)14-19(16)22(18)29)20(23(28)30)15(2)34-35(6,7)26(3,4)5/h8-9,11,14-15,18,20-21H,1,10,12-13H2,2-7H3/t15-,18-,20-,21-/m1/s1. The Balaban J connectivity index is 1.96. The third-order valence-corrected chi connectivity index (χ3v) is 12.1. The maximum atomic E-state index is 13.9. The van der Waals surface area contributed by atoms with Crippen molar-refractivity contribution >= 4 is 31.9 Å². The Hall–Kier alpha value is -2.65. The Morgan fingerprint density at radius 1 is 1.29 bits per heavy atom. The molecule has 3 rings (SSSR count). The summed E-state index contributed by atoms with van der Waals surface area (Å²) in [6.07, 6.45) is 1.59. The van der Waals surface area contributed by atoms with Crippen LogP contribution >= 0.6 is 0 Å². The lowest BCUT2D eigenvalue weighted by Crippen LogP contribution is -2.71. The molecule has 0 aromatic heterocycles. The van der Waals surface area contributed by atoms with Gasteiger partial charge in [-0.3, -0.25) is 19.3 Å². The first kappa shape index (κ1) is 26.9. The van der Waals surface area contributed by atoms with Crippen molar-refractivity contribution in [3.05, 3.63) is 47.8 Å². The van der Waals surface area contributed by atoms with Crippen LogP contribution in [0.1, 0.15) is 50.0 Å². The number of β-lactam (4-membered cyclic amide) rings is 1. The van der Waals surface area contributed by atoms with E-state index in [4.69, 9.17) is 9.16 Å². The van der Waals surface area contributed by atoms with Crippen molar-refractivity contribution in [3.8, 4) is 0 Å². The van der Waals surface area contributed by atoms with Gasteiger partial charge in [-0.05, 0) is 55.6 Å². The smallest absolute Gasteiger partial charge is 0.397 e. The van der Waals surface area contributed by atoms with Crippen molar-refractivity contribution in [2.45, 2.75) is 70.8 Å². The highest BCUT2D eigenvalue weighted by molar-refractivity contribution is 6.74. The molecule has 4 atom stereocenters. The van der Waals surface area contributed by atoms with E-state index >= 15 is 0 Å². The fourth-order valence-electron chi connectivity index (χ4n) is 4.65. The summed E-state index contributed by atoms with van der Waals surface area (Å²) in [5.41, 5.74) is 0.975. The number of fused-ring (bicyclic) bond motifs is 1. The van der Waals surface area contributed by atoms with Crippen molar-refractivity contribution in [1.82, 2.24) is 4.90 Å². The van der Waals surface area contributed by atoms with Gasteiger partial charge in [-0.25, -0.2) is 9.18 Å². The van der Waals surface area contributed by atoms with Gasteiger partial charge in [0.15, 0.2) is 14.1 Å². The number of ketones is 1. The fraction of sp³-hybridized carbons (Fsp3) is 0.538. The molecule has 9 heteroatoms. The van der Waals surface area contributed by atoms with Crippen LogP contribution in [0, 0.1) is 17.7 Å². The molecule has 35 heavy (non-hydrogen) atoms. The van der Waals surface area contributed by atoms with E-state index < -0.39 is 55.9 Å². The lowest BCUT2D eigenvalue weighted by atomic mass is 9.69. The van der Waals surface area contributed by atoms with Gasteiger partial charge >= 0.3 is 11.9 Å². The van der Waals surface area contributed by atoms with E-state index in [-0.39, 0.29) is 23.0 Å². The number of benzene rings is 1. The third kappa shape index (κ3) is 5.02. The van der Waals surface area contributed by atoms with E-state index in [2.05, 4.69) is 40.4 Å². The van der Waals surface area contributed by atoms with Gasteiger partial charge in [-0.15, -0.1) is 0 Å². The molecule has 2 amide bonds. The molecule has 0 radical (unpaired) electrons. The van der Waals surface area contributed by atoms with Crippen LogP contribution in [0.4, 0.5) is 4.39 Å². The summed E-state index contributed by atoms with van der Waals surface area (Å²) >= 11 is 0. The number of hydrogen-bond acceptors (Lipinski definition) is 6. The topological polar surface area (TPSA) is 90.0 Å². The first-order valence-corrected chi connectivity index (χ1v) is 14.8. The molecule has 1 aromatic rings. The summed E-state index contributed by atoms with van der Waals surface area (Å²) in [6, 6.07) is 3.21. The van der Waals surface area contributed by atoms with Crippen molar-refractivity contribution in [2.24, 2.45) is 11.8 Å². The molecular formula is C26H34FNO6Si. The summed E-state index contributed by atoms with van der Waals surface area (Å²) in [4.78, 5) is 52.8. The van der Waals surface area contributed by atoms with E-state index in [9.17, 15) is 23.6 Å². The second-order valence-corrected chi connectivity index (χ2v) is 15.6. The molecule has 190 valence electrons. The summed E-state index contributed by atoms with van der Waals surface area (Å²) < 4.78 is 25.2. The maximum absolute atomic E-state index is 13.9. The van der Waals surface area contributed by atoms with Gasteiger partial charge in [0.1, 0.15) is 12.4 Å². The average Bonchev–Trinajstić information content (AvgIpc) is 2.75. The largest absolute Gasteiger partial charge is 0.454 e. The van der Waals surface area contributed by atoms with Crippen molar-refractivity contribution in [2.75, 3.05) is 6.61 Å². The molecular weight excluding hydrogens is 469 g/mol. The van der Waals surface area contributed by atoms with E-state index in [1.165, 1.54) is 18.2 Å². The van der Waals surface area contributed by atoms with Crippen LogP contribution < -0.4 is 0 Å². The molecule has 0 N–H and O–H groups in total. The predicted molar refractivity (Wildman–Crippen MR) is 131 cm³/mol. The Morgan fingerprint density at radius 3 is 2.54 bits per heavy atom. The first-order valence-electron chi connectivity index (χ1n) is 11.9. The molecule has 7 nitrogen and oxygen atoms in total. The number of nitrogens with zero attached hydrogens (tertiary/aromatic N) is 1. The Kier molecular flexibility index (Phi) is 7.52. The monoisotopic (exact) mass is 503 g/mol. The second kappa shape index (κ2) is 9.77. The van der Waals surface area contributed by atoms with E-state index in [0.717, 1.165) is 10.5 Å². The maximum Gasteiger partial charge on any atom is 0.397 e. The van der Waals surface area contributed by atoms with E-state index in [1.807, 2.05) is 0 Å². The van der Waals surface area contributed by atoms with Gasteiger partial charge in [-0.1, -0.05) is 39.5 Å². The molecule has 0 spiro atoms. The van der Waals surface area contributed by atoms with Gasteiger partial charge in [0, 0.05) is 11.5 Å². The van der Waals surface area contributed by atoms with Gasteiger partial charge in [0.25, 0.3) is 0 Å². The quantitative estimate of drug-likeness (QED) is 0.191. The number of aryl methyl sites for hydroxylation is 1. The number of likely N-dealkylation sites (tertiary alicyclic amines) is 1. The summed E-state index contributed by atoms with van der Waals surface area (Å²) in [5, 5.41) is -0.120. The lowest BCUT2D eigenvalue weighted by Gasteiger charge is -2.52. The third-order valence-electron chi connectivity index (χ3n) is 7.52. The molecule has 1 saturated heterocycles. The second-order valence-electron chi connectivity index (χ2n) is 10.8. The van der Waals surface area contributed by atoms with Gasteiger partial charge in [0.2, 0.25) is 5.91 Å². The molecule has 1 heterocycles. The Morgan fingerprint density at radius 2 is 1.94 bits per heavy atom. The highest BCUT2D eigenvalue weighted by Crippen LogP contribution is 2.44. The minimum Gasteiger partial charge on any atom is -0.454 e. The normalized spacial score (nSPS) is 23.3. The van der Waals surface area contributed by atoms with Crippen molar-refractivity contribution < 1.29 is 32.7 Å². The number of amides is 2. The van der Waals surface area contributed by atoms with E-state index in [1.54, 1.807) is 13.0 Å². The van der Waals surface area contributed by atoms with Crippen LogP contribution in [0.2, 0.25) is 18.1 Å². The van der Waals surface area contributed by atoms with Crippen LogP contribution in [-0.4, -0.2) is 55.5 Å². The number of halogens is 1. The molecule has 0 bridgehead atoms. The van der Waals surface area contributed by atoms with Gasteiger partial charge in [0.05, 0.1) is 18.1 Å². The number of Topliss-reactive ketones (excluding diaryl/α,β-unsaturated/α-hetero) is 1. The van der Waals surface area contributed by atoms with Crippen molar-refractivity contribution in [3.63, 3.8) is 0 Å². The van der Waals surface area contributed by atoms with Crippen LogP contribution in [0.25, 0.3) is 0 Å². The number of carbonyl (C=O) groups is 4. The zero-order chi connectivity index (χ0) is 26.3. The fourth-order valence-corrected chi connectivity index (χ4v) is 6.08. The van der Waals surface area contributed by atoms with Gasteiger partial charge in [-0.2, -0.15) is 0 Å². The SMILES string of the molecule is C=CCOC(=O)C(=O)N1C(=O)[C@H]([C@@H](C)O[Si](C)(C)C(C)(C)C)[C@H]1[C@H]1CCc2ccc(F)cc2C1=O. The average molecular weight is 504 g/mol. The Labute approximate surface area is 206 Å². The summed E-state index contributed by atoms with van der Waals surface area (Å²) in [6.45, 7) is 15.4. The Bertz CT molecular complexity index is 1060. The molecule has 1 aromatic carbocycles. The van der Waals surface area contributed by atoms with Crippen LogP contribution in [0.3, 0.4) is 0 Å². The summed E-state index contributed by atoms with van der Waals surface area (Å²) in [7, 11) is -2.29. The molecule has 2 aliphatic rings. The first-order chi connectivity index (χ1) is 16.2. The number of carbonyl (C=O) groups excluding carboxylic acids is 4. The summed E-state index contributed by atoms with van der Waals surface area (Å²) in [5.74, 6) is -5.30. The van der Waals surface area contributed by atoms with Crippen LogP contribution in [0.15, 0.2) is 30.9 Å². The number of ether oxygens (including phenoxy) is 1. The molecule has 0 unspecified atom stereocenters. The number of imide groups is 1. The highest BCUT2D eigenvalue weighted by atomic mass is 28.4. The zero-order valence-corrected chi connectivity index (χ0v) is 22.2. The zero-order valence-electron chi connectivity index (χ0n) is 21.2. The highest BCUT2D eigenvalue weighted by Gasteiger charge is 2.60.